The topological polar surface area (TPSA) is 66.8 Å². The highest BCUT2D eigenvalue weighted by Crippen LogP contribution is 2.24. The summed E-state index contributed by atoms with van der Waals surface area (Å²) in [5, 5.41) is 18.6. The Bertz CT molecular complexity index is 460. The van der Waals surface area contributed by atoms with Crippen molar-refractivity contribution in [1.29, 1.82) is 0 Å². The number of hydrogen-bond donors (Lipinski definition) is 2. The van der Waals surface area contributed by atoms with Gasteiger partial charge >= 0.3 is 13.5 Å². The molecule has 0 aliphatic rings. The Hall–Kier alpha value is -1.33. The molecular formula is C16H24BO4. The Labute approximate surface area is 127 Å². The molecule has 0 aliphatic heterocycles. The molecule has 0 spiro atoms. The summed E-state index contributed by atoms with van der Waals surface area (Å²) in [5.41, 5.74) is 0.387. The lowest BCUT2D eigenvalue weighted by Crippen LogP contribution is -2.49. The lowest BCUT2D eigenvalue weighted by Gasteiger charge is -2.37. The van der Waals surface area contributed by atoms with Crippen molar-refractivity contribution in [1.82, 2.24) is 0 Å². The van der Waals surface area contributed by atoms with Crippen LogP contribution in [0.1, 0.15) is 46.1 Å². The van der Waals surface area contributed by atoms with Crippen LogP contribution in [-0.2, 0) is 15.9 Å². The number of aliphatic carboxylic acids is 1. The van der Waals surface area contributed by atoms with Crippen LogP contribution < -0.4 is 5.46 Å². The Morgan fingerprint density at radius 1 is 1.19 bits per heavy atom. The second-order valence-corrected chi connectivity index (χ2v) is 6.29. The van der Waals surface area contributed by atoms with Crippen LogP contribution in [0.4, 0.5) is 0 Å². The third-order valence-corrected chi connectivity index (χ3v) is 3.80. The zero-order chi connectivity index (χ0) is 16.1. The van der Waals surface area contributed by atoms with E-state index in [9.17, 15) is 9.90 Å². The molecule has 1 aromatic carbocycles. The van der Waals surface area contributed by atoms with E-state index >= 15 is 0 Å². The summed E-state index contributed by atoms with van der Waals surface area (Å²) in [7, 11) is 1.64. The maximum absolute atomic E-state index is 10.5. The molecule has 21 heavy (non-hydrogen) atoms. The summed E-state index contributed by atoms with van der Waals surface area (Å²) >= 11 is 0. The van der Waals surface area contributed by atoms with Gasteiger partial charge in [-0.05, 0) is 46.1 Å². The fourth-order valence-electron chi connectivity index (χ4n) is 1.57. The van der Waals surface area contributed by atoms with Crippen LogP contribution in [0.15, 0.2) is 24.3 Å². The quantitative estimate of drug-likeness (QED) is 0.718. The summed E-state index contributed by atoms with van der Waals surface area (Å²) in [6.07, 6.45) is 1.58. The van der Waals surface area contributed by atoms with Gasteiger partial charge in [0.15, 0.2) is 0 Å². The van der Waals surface area contributed by atoms with Gasteiger partial charge in [-0.1, -0.05) is 29.7 Å². The monoisotopic (exact) mass is 291 g/mol. The minimum Gasteiger partial charge on any atom is -0.481 e. The van der Waals surface area contributed by atoms with Gasteiger partial charge in [0, 0.05) is 6.42 Å². The normalized spacial score (nSPS) is 12.2. The van der Waals surface area contributed by atoms with Gasteiger partial charge in [0.1, 0.15) is 0 Å². The van der Waals surface area contributed by atoms with Crippen LogP contribution in [0.5, 0.6) is 0 Å². The summed E-state index contributed by atoms with van der Waals surface area (Å²) in [5.74, 6) is -0.762. The van der Waals surface area contributed by atoms with Crippen molar-refractivity contribution >= 4 is 18.9 Å². The summed E-state index contributed by atoms with van der Waals surface area (Å²) < 4.78 is 5.68. The highest BCUT2D eigenvalue weighted by molar-refractivity contribution is 6.47. The third-order valence-electron chi connectivity index (χ3n) is 3.80. The van der Waals surface area contributed by atoms with E-state index < -0.39 is 17.2 Å². The van der Waals surface area contributed by atoms with Crippen molar-refractivity contribution in [3.8, 4) is 0 Å². The lowest BCUT2D eigenvalue weighted by molar-refractivity contribution is -0.137. The smallest absolute Gasteiger partial charge is 0.330 e. The number of carbonyl (C=O) groups is 1. The van der Waals surface area contributed by atoms with Crippen LogP contribution in [-0.4, -0.2) is 34.9 Å². The first-order chi connectivity index (χ1) is 9.62. The zero-order valence-electron chi connectivity index (χ0n) is 13.2. The Morgan fingerprint density at radius 3 is 2.24 bits per heavy atom. The molecule has 0 saturated heterocycles. The molecule has 0 fully saturated rings. The van der Waals surface area contributed by atoms with Gasteiger partial charge in [-0.15, -0.1) is 0 Å². The van der Waals surface area contributed by atoms with Crippen LogP contribution in [0.2, 0.25) is 0 Å². The predicted molar refractivity (Wildman–Crippen MR) is 83.9 cm³/mol. The first kappa shape index (κ1) is 17.7. The summed E-state index contributed by atoms with van der Waals surface area (Å²) in [6.45, 7) is 7.10. The number of rotatable bonds is 8. The molecule has 1 rings (SSSR count). The molecule has 0 bridgehead atoms. The first-order valence-corrected chi connectivity index (χ1v) is 7.16. The second-order valence-electron chi connectivity index (χ2n) is 6.29. The van der Waals surface area contributed by atoms with E-state index in [0.29, 0.717) is 6.42 Å². The van der Waals surface area contributed by atoms with Gasteiger partial charge in [0.05, 0.1) is 11.2 Å². The minimum atomic E-state index is -0.944. The molecular weight excluding hydrogens is 267 g/mol. The maximum Gasteiger partial charge on any atom is 0.330 e. The number of benzene rings is 1. The molecule has 0 heterocycles. The Morgan fingerprint density at radius 2 is 1.76 bits per heavy atom. The molecule has 0 atom stereocenters. The number of aryl methyl sites for hydroxylation is 1. The second kappa shape index (κ2) is 7.10. The molecule has 115 valence electrons. The number of hydrogen-bond acceptors (Lipinski definition) is 3. The van der Waals surface area contributed by atoms with Crippen molar-refractivity contribution in [3.05, 3.63) is 29.8 Å². The van der Waals surface area contributed by atoms with Gasteiger partial charge < -0.3 is 14.9 Å². The zero-order valence-corrected chi connectivity index (χ0v) is 13.2. The molecule has 0 saturated carbocycles. The highest BCUT2D eigenvalue weighted by atomic mass is 16.5. The molecule has 4 nitrogen and oxygen atoms in total. The van der Waals surface area contributed by atoms with Crippen LogP contribution in [0.3, 0.4) is 0 Å². The van der Waals surface area contributed by atoms with E-state index in [0.717, 1.165) is 17.4 Å². The van der Waals surface area contributed by atoms with E-state index in [4.69, 9.17) is 9.76 Å². The Balaban J connectivity index is 2.50. The van der Waals surface area contributed by atoms with E-state index in [1.54, 1.807) is 21.3 Å². The van der Waals surface area contributed by atoms with Crippen molar-refractivity contribution in [2.75, 3.05) is 0 Å². The lowest BCUT2D eigenvalue weighted by atomic mass is 9.82. The SMILES string of the molecule is CC(C)(O)C(C)(C)O[B]c1ccc(CCCC(=O)O)cc1. The van der Waals surface area contributed by atoms with E-state index in [1.165, 1.54) is 0 Å². The fraction of sp³-hybridized carbons (Fsp3) is 0.562. The molecule has 1 radical (unpaired) electrons. The van der Waals surface area contributed by atoms with Crippen LogP contribution >= 0.6 is 0 Å². The maximum atomic E-state index is 10.5. The predicted octanol–water partition coefficient (Wildman–Crippen LogP) is 1.90. The molecule has 0 amide bonds. The van der Waals surface area contributed by atoms with Crippen LogP contribution in [0, 0.1) is 0 Å². The first-order valence-electron chi connectivity index (χ1n) is 7.16. The highest BCUT2D eigenvalue weighted by Gasteiger charge is 2.35. The molecule has 0 unspecified atom stereocenters. The van der Waals surface area contributed by atoms with Gasteiger partial charge in [-0.25, -0.2) is 0 Å². The minimum absolute atomic E-state index is 0.191. The number of carboxylic acid groups (broad SMARTS) is 1. The molecule has 5 heteroatoms. The van der Waals surface area contributed by atoms with Crippen molar-refractivity contribution in [3.63, 3.8) is 0 Å². The van der Waals surface area contributed by atoms with Gasteiger partial charge in [-0.3, -0.25) is 4.79 Å². The standard InChI is InChI=1S/C16H24BO4/c1-15(2,20)16(3,4)21-17-13-10-8-12(9-11-13)6-5-7-14(18)19/h8-11,20H,5-7H2,1-4H3,(H,18,19). The average Bonchev–Trinajstić information content (AvgIpc) is 2.36. The third kappa shape index (κ3) is 5.90. The molecule has 0 aliphatic carbocycles. The van der Waals surface area contributed by atoms with Gasteiger partial charge in [0.25, 0.3) is 0 Å². The number of carboxylic acids is 1. The number of aliphatic hydroxyl groups is 1. The molecule has 0 aromatic heterocycles. The summed E-state index contributed by atoms with van der Waals surface area (Å²) in [6, 6.07) is 7.79. The van der Waals surface area contributed by atoms with E-state index in [-0.39, 0.29) is 6.42 Å². The van der Waals surface area contributed by atoms with E-state index in [1.807, 2.05) is 38.1 Å². The molecule has 2 N–H and O–H groups in total. The van der Waals surface area contributed by atoms with Gasteiger partial charge in [-0.2, -0.15) is 0 Å². The summed E-state index contributed by atoms with van der Waals surface area (Å²) in [4.78, 5) is 10.5. The average molecular weight is 291 g/mol. The van der Waals surface area contributed by atoms with Crippen molar-refractivity contribution in [2.24, 2.45) is 0 Å². The van der Waals surface area contributed by atoms with Crippen LogP contribution in [0.25, 0.3) is 0 Å². The van der Waals surface area contributed by atoms with E-state index in [2.05, 4.69) is 0 Å². The van der Waals surface area contributed by atoms with Crippen molar-refractivity contribution in [2.45, 2.75) is 58.2 Å². The fourth-order valence-corrected chi connectivity index (χ4v) is 1.57. The van der Waals surface area contributed by atoms with Crippen molar-refractivity contribution < 1.29 is 19.7 Å². The largest absolute Gasteiger partial charge is 0.481 e. The molecule has 1 aromatic rings. The van der Waals surface area contributed by atoms with Gasteiger partial charge in [0.2, 0.25) is 0 Å². The Kier molecular flexibility index (Phi) is 5.99.